The molecule has 3 rings (SSSR count). The first-order valence-electron chi connectivity index (χ1n) is 6.36. The van der Waals surface area contributed by atoms with Gasteiger partial charge in [-0.2, -0.15) is 0 Å². The lowest BCUT2D eigenvalue weighted by molar-refractivity contribution is -0.970. The Morgan fingerprint density at radius 1 is 1.29 bits per heavy atom. The fourth-order valence-electron chi connectivity index (χ4n) is 2.53. The van der Waals surface area contributed by atoms with Gasteiger partial charge >= 0.3 is 0 Å². The Kier molecular flexibility index (Phi) is 3.09. The van der Waals surface area contributed by atoms with Crippen molar-refractivity contribution in [1.29, 1.82) is 0 Å². The standard InChI is InChI=1S/C13H17N3S/c1-10(16-8-6-14-7-9-16)13-15-11-4-2-3-5-12(11)17-13/h2-5,10,14H,6-9H2,1H3/p+2/t10-/m0/s1. The Balaban J connectivity index is 1.86. The molecular formula is C13H19N3S+2. The van der Waals surface area contributed by atoms with Gasteiger partial charge in [-0.05, 0) is 19.1 Å². The van der Waals surface area contributed by atoms with Gasteiger partial charge in [0.05, 0.1) is 10.2 Å². The van der Waals surface area contributed by atoms with E-state index in [9.17, 15) is 0 Å². The number of fused-ring (bicyclic) bond motifs is 1. The van der Waals surface area contributed by atoms with Crippen LogP contribution in [0.5, 0.6) is 0 Å². The molecule has 1 aromatic heterocycles. The molecule has 0 spiro atoms. The fraction of sp³-hybridized carbons (Fsp3) is 0.462. The maximum Gasteiger partial charge on any atom is 0.151 e. The number of piperazine rings is 1. The van der Waals surface area contributed by atoms with E-state index in [1.54, 1.807) is 4.90 Å². The molecule has 1 fully saturated rings. The second kappa shape index (κ2) is 4.72. The highest BCUT2D eigenvalue weighted by Gasteiger charge is 2.25. The van der Waals surface area contributed by atoms with Crippen LogP contribution in [0.4, 0.5) is 0 Å². The van der Waals surface area contributed by atoms with Crippen LogP contribution >= 0.6 is 11.3 Å². The number of thiazole rings is 1. The van der Waals surface area contributed by atoms with Crippen molar-refractivity contribution >= 4 is 21.6 Å². The van der Waals surface area contributed by atoms with Gasteiger partial charge in [-0.25, -0.2) is 4.98 Å². The van der Waals surface area contributed by atoms with Gasteiger partial charge in [0, 0.05) is 0 Å². The van der Waals surface area contributed by atoms with Gasteiger partial charge in [-0.15, -0.1) is 11.3 Å². The van der Waals surface area contributed by atoms with Gasteiger partial charge in [0.2, 0.25) is 0 Å². The van der Waals surface area contributed by atoms with Gasteiger partial charge < -0.3 is 10.2 Å². The molecule has 90 valence electrons. The topological polar surface area (TPSA) is 33.9 Å². The Morgan fingerprint density at radius 2 is 2.06 bits per heavy atom. The van der Waals surface area contributed by atoms with Crippen molar-refractivity contribution in [1.82, 2.24) is 4.98 Å². The smallest absolute Gasteiger partial charge is 0.151 e. The molecule has 0 saturated carbocycles. The monoisotopic (exact) mass is 249 g/mol. The number of rotatable bonds is 2. The molecule has 0 aliphatic carbocycles. The zero-order valence-electron chi connectivity index (χ0n) is 10.1. The summed E-state index contributed by atoms with van der Waals surface area (Å²) in [5.74, 6) is 0. The molecule has 3 nitrogen and oxygen atoms in total. The molecule has 1 aliphatic heterocycles. The molecule has 0 unspecified atom stereocenters. The summed E-state index contributed by atoms with van der Waals surface area (Å²) in [6.45, 7) is 7.35. The van der Waals surface area contributed by atoms with Crippen molar-refractivity contribution in [3.8, 4) is 0 Å². The Morgan fingerprint density at radius 3 is 2.82 bits per heavy atom. The minimum atomic E-state index is 0.543. The van der Waals surface area contributed by atoms with E-state index in [-0.39, 0.29) is 0 Å². The summed E-state index contributed by atoms with van der Waals surface area (Å²) in [5, 5.41) is 3.71. The molecule has 1 aromatic carbocycles. The van der Waals surface area contributed by atoms with Crippen molar-refractivity contribution < 1.29 is 10.2 Å². The summed E-state index contributed by atoms with van der Waals surface area (Å²) in [6, 6.07) is 8.99. The molecule has 17 heavy (non-hydrogen) atoms. The molecule has 0 radical (unpaired) electrons. The minimum absolute atomic E-state index is 0.543. The quantitative estimate of drug-likeness (QED) is 0.761. The van der Waals surface area contributed by atoms with Crippen LogP contribution in [0.3, 0.4) is 0 Å². The van der Waals surface area contributed by atoms with Gasteiger partial charge in [0.25, 0.3) is 0 Å². The normalized spacial score (nSPS) is 19.6. The lowest BCUT2D eigenvalue weighted by Crippen LogP contribution is -3.20. The van der Waals surface area contributed by atoms with Crippen LogP contribution in [0.1, 0.15) is 18.0 Å². The summed E-state index contributed by atoms with van der Waals surface area (Å²) >= 11 is 1.86. The molecule has 1 atom stereocenters. The maximum absolute atomic E-state index is 4.78. The van der Waals surface area contributed by atoms with E-state index in [0.717, 1.165) is 5.52 Å². The number of hydrogen-bond acceptors (Lipinski definition) is 2. The SMILES string of the molecule is C[C@@H](c1nc2ccccc2s1)[NH+]1CC[NH2+]CC1. The van der Waals surface area contributed by atoms with E-state index in [2.05, 4.69) is 36.5 Å². The number of quaternary nitrogens is 2. The summed E-state index contributed by atoms with van der Waals surface area (Å²) in [7, 11) is 0. The van der Waals surface area contributed by atoms with Gasteiger partial charge in [-0.3, -0.25) is 0 Å². The number of para-hydroxylation sites is 1. The van der Waals surface area contributed by atoms with Crippen molar-refractivity contribution in [3.63, 3.8) is 0 Å². The first-order chi connectivity index (χ1) is 8.34. The molecule has 2 heterocycles. The first kappa shape index (κ1) is 11.1. The molecule has 4 heteroatoms. The third-order valence-electron chi connectivity index (χ3n) is 3.63. The van der Waals surface area contributed by atoms with Crippen LogP contribution in [0.25, 0.3) is 10.2 Å². The second-order valence-corrected chi connectivity index (χ2v) is 5.83. The van der Waals surface area contributed by atoms with Gasteiger partial charge in [0.15, 0.2) is 5.01 Å². The second-order valence-electron chi connectivity index (χ2n) is 4.77. The largest absolute Gasteiger partial charge is 0.337 e. The predicted octanol–water partition coefficient (Wildman–Crippen LogP) is -0.181. The van der Waals surface area contributed by atoms with E-state index in [1.807, 2.05) is 11.3 Å². The Bertz CT molecular complexity index is 469. The van der Waals surface area contributed by atoms with Crippen molar-refractivity contribution in [3.05, 3.63) is 29.3 Å². The van der Waals surface area contributed by atoms with Crippen LogP contribution in [0.15, 0.2) is 24.3 Å². The third-order valence-corrected chi connectivity index (χ3v) is 4.85. The van der Waals surface area contributed by atoms with Crippen molar-refractivity contribution in [2.24, 2.45) is 0 Å². The van der Waals surface area contributed by atoms with Gasteiger partial charge in [-0.1, -0.05) is 12.1 Å². The highest BCUT2D eigenvalue weighted by Crippen LogP contribution is 2.24. The van der Waals surface area contributed by atoms with E-state index < -0.39 is 0 Å². The fourth-order valence-corrected chi connectivity index (χ4v) is 3.60. The van der Waals surface area contributed by atoms with Crippen LogP contribution in [0.2, 0.25) is 0 Å². The molecule has 3 N–H and O–H groups in total. The van der Waals surface area contributed by atoms with E-state index in [4.69, 9.17) is 4.98 Å². The molecular weight excluding hydrogens is 230 g/mol. The number of nitrogens with two attached hydrogens (primary N) is 1. The lowest BCUT2D eigenvalue weighted by atomic mass is 10.2. The summed E-state index contributed by atoms with van der Waals surface area (Å²) in [4.78, 5) is 6.46. The summed E-state index contributed by atoms with van der Waals surface area (Å²) < 4.78 is 1.32. The highest BCUT2D eigenvalue weighted by molar-refractivity contribution is 7.18. The molecule has 0 bridgehead atoms. The van der Waals surface area contributed by atoms with Crippen LogP contribution in [-0.2, 0) is 0 Å². The number of nitrogens with one attached hydrogen (secondary N) is 1. The molecule has 0 amide bonds. The molecule has 2 aromatic rings. The number of nitrogens with zero attached hydrogens (tertiary/aromatic N) is 1. The van der Waals surface area contributed by atoms with Crippen molar-refractivity contribution in [2.75, 3.05) is 26.2 Å². The van der Waals surface area contributed by atoms with Gasteiger partial charge in [0.1, 0.15) is 32.2 Å². The van der Waals surface area contributed by atoms with E-state index in [1.165, 1.54) is 35.9 Å². The zero-order chi connectivity index (χ0) is 11.7. The van der Waals surface area contributed by atoms with Crippen LogP contribution in [0, 0.1) is 0 Å². The average Bonchev–Trinajstić information content (AvgIpc) is 2.82. The highest BCUT2D eigenvalue weighted by atomic mass is 32.1. The van der Waals surface area contributed by atoms with Crippen LogP contribution < -0.4 is 10.2 Å². The Hall–Kier alpha value is -0.970. The predicted molar refractivity (Wildman–Crippen MR) is 70.4 cm³/mol. The van der Waals surface area contributed by atoms with E-state index in [0.29, 0.717) is 6.04 Å². The van der Waals surface area contributed by atoms with Crippen LogP contribution in [-0.4, -0.2) is 31.2 Å². The summed E-state index contributed by atoms with van der Waals surface area (Å²) in [6.07, 6.45) is 0. The van der Waals surface area contributed by atoms with E-state index >= 15 is 0 Å². The maximum atomic E-state index is 4.78. The molecule has 1 saturated heterocycles. The average molecular weight is 249 g/mol. The number of hydrogen-bond donors (Lipinski definition) is 2. The number of benzene rings is 1. The Labute approximate surface area is 105 Å². The first-order valence-corrected chi connectivity index (χ1v) is 7.18. The molecule has 1 aliphatic rings. The van der Waals surface area contributed by atoms with Crippen molar-refractivity contribution in [2.45, 2.75) is 13.0 Å². The lowest BCUT2D eigenvalue weighted by Gasteiger charge is -2.26. The minimum Gasteiger partial charge on any atom is -0.337 e. The zero-order valence-corrected chi connectivity index (χ0v) is 11.0. The third kappa shape index (κ3) is 2.20. The summed E-state index contributed by atoms with van der Waals surface area (Å²) in [5.41, 5.74) is 1.15. The number of aromatic nitrogens is 1.